The minimum absolute atomic E-state index is 0. The van der Waals surface area contributed by atoms with Gasteiger partial charge in [-0.2, -0.15) is 0 Å². The van der Waals surface area contributed by atoms with Crippen molar-refractivity contribution in [2.45, 2.75) is 19.1 Å². The Hall–Kier alpha value is -2.51. The molecule has 0 fully saturated rings. The lowest BCUT2D eigenvalue weighted by Crippen LogP contribution is -2.42. The molecule has 3 aromatic rings. The molecule has 4 rings (SSSR count). The highest BCUT2D eigenvalue weighted by molar-refractivity contribution is 6.60. The van der Waals surface area contributed by atoms with Crippen LogP contribution >= 0.6 is 24.0 Å². The molecule has 4 N–H and O–H groups in total. The highest BCUT2D eigenvalue weighted by atomic mass is 35.5. The molecule has 154 valence electrons. The molecular weight excluding hydrogens is 422 g/mol. The minimum Gasteiger partial charge on any atom is -0.488 e. The molecule has 1 aliphatic rings. The normalized spacial score (nSPS) is 15.1. The Kier molecular flexibility index (Phi) is 7.05. The fourth-order valence-corrected chi connectivity index (χ4v) is 3.72. The van der Waals surface area contributed by atoms with Gasteiger partial charge >= 0.3 is 7.12 Å². The average Bonchev–Trinajstić information content (AvgIpc) is 2.72. The fourth-order valence-electron chi connectivity index (χ4n) is 3.50. The first-order chi connectivity index (χ1) is 14.0. The van der Waals surface area contributed by atoms with E-state index < -0.39 is 7.12 Å². The van der Waals surface area contributed by atoms with E-state index >= 15 is 0 Å². The molecule has 8 heteroatoms. The van der Waals surface area contributed by atoms with Crippen LogP contribution in [-0.4, -0.2) is 18.0 Å². The first kappa shape index (κ1) is 22.2. The predicted octanol–water partition coefficient (Wildman–Crippen LogP) is 3.63. The Morgan fingerprint density at radius 3 is 2.73 bits per heavy atom. The van der Waals surface area contributed by atoms with Gasteiger partial charge in [0.25, 0.3) is 0 Å². The van der Waals surface area contributed by atoms with Crippen LogP contribution in [0, 0.1) is 5.41 Å². The number of nitrogens with one attached hydrogen (secondary N) is 1. The number of nitrogen functional groups attached to an aromatic ring is 1. The monoisotopic (exact) mass is 442 g/mol. The van der Waals surface area contributed by atoms with Crippen molar-refractivity contribution in [3.8, 4) is 5.75 Å². The van der Waals surface area contributed by atoms with Crippen molar-refractivity contribution in [3.05, 3.63) is 94.0 Å². The number of benzene rings is 3. The number of halogens is 2. The van der Waals surface area contributed by atoms with Crippen LogP contribution in [0.2, 0.25) is 5.02 Å². The van der Waals surface area contributed by atoms with E-state index in [4.69, 9.17) is 32.1 Å². The van der Waals surface area contributed by atoms with E-state index in [-0.39, 0.29) is 24.3 Å². The topological polar surface area (TPSA) is 88.6 Å². The van der Waals surface area contributed by atoms with Crippen LogP contribution in [0.25, 0.3) is 0 Å². The fraction of sp³-hybridized carbons (Fsp3) is 0.136. The largest absolute Gasteiger partial charge is 0.491 e. The molecule has 0 aromatic heterocycles. The zero-order chi connectivity index (χ0) is 20.4. The van der Waals surface area contributed by atoms with E-state index in [1.807, 2.05) is 54.6 Å². The van der Waals surface area contributed by atoms with Gasteiger partial charge in [-0.05, 0) is 46.4 Å². The summed E-state index contributed by atoms with van der Waals surface area (Å²) in [6, 6.07) is 20.5. The van der Waals surface area contributed by atoms with Crippen molar-refractivity contribution in [2.75, 3.05) is 0 Å². The van der Waals surface area contributed by atoms with Crippen molar-refractivity contribution in [1.82, 2.24) is 0 Å². The maximum absolute atomic E-state index is 10.4. The van der Waals surface area contributed by atoms with Crippen molar-refractivity contribution < 1.29 is 14.4 Å². The van der Waals surface area contributed by atoms with Crippen molar-refractivity contribution in [3.63, 3.8) is 0 Å². The third-order valence-electron chi connectivity index (χ3n) is 4.97. The van der Waals surface area contributed by atoms with E-state index in [1.54, 1.807) is 12.1 Å². The van der Waals surface area contributed by atoms with Crippen LogP contribution in [0.15, 0.2) is 66.7 Å². The summed E-state index contributed by atoms with van der Waals surface area (Å²) in [6.07, 6.45) is 0.315. The number of ether oxygens (including phenoxy) is 1. The van der Waals surface area contributed by atoms with Crippen LogP contribution in [-0.2, 0) is 17.7 Å². The number of fused-ring (bicyclic) bond motifs is 1. The number of hydrogen-bond donors (Lipinski definition) is 3. The lowest BCUT2D eigenvalue weighted by molar-refractivity contribution is 0.167. The van der Waals surface area contributed by atoms with Crippen LogP contribution in [0.3, 0.4) is 0 Å². The van der Waals surface area contributed by atoms with E-state index in [9.17, 15) is 5.02 Å². The maximum Gasteiger partial charge on any atom is 0.491 e. The van der Waals surface area contributed by atoms with Gasteiger partial charge in [0.15, 0.2) is 0 Å². The molecule has 0 aliphatic carbocycles. The average molecular weight is 443 g/mol. The Balaban J connectivity index is 0.00000256. The van der Waals surface area contributed by atoms with Crippen LogP contribution < -0.4 is 15.9 Å². The Labute approximate surface area is 186 Å². The molecule has 1 atom stereocenters. The Bertz CT molecular complexity index is 1060. The molecule has 0 saturated carbocycles. The number of rotatable bonds is 5. The van der Waals surface area contributed by atoms with E-state index in [0.717, 1.165) is 22.2 Å². The summed E-state index contributed by atoms with van der Waals surface area (Å²) in [5.74, 6) is 0.416. The molecule has 5 nitrogen and oxygen atoms in total. The zero-order valence-electron chi connectivity index (χ0n) is 16.0. The van der Waals surface area contributed by atoms with Crippen LogP contribution in [0.5, 0.6) is 5.75 Å². The number of amidine groups is 1. The molecule has 30 heavy (non-hydrogen) atoms. The van der Waals surface area contributed by atoms with Crippen molar-refractivity contribution >= 4 is 42.4 Å². The van der Waals surface area contributed by atoms with Gasteiger partial charge in [-0.3, -0.25) is 5.41 Å². The summed E-state index contributed by atoms with van der Waals surface area (Å²) in [5.41, 5.74) is 9.85. The second-order valence-electron chi connectivity index (χ2n) is 6.97. The lowest BCUT2D eigenvalue weighted by Gasteiger charge is -2.28. The lowest BCUT2D eigenvalue weighted by atomic mass is 9.71. The zero-order valence-corrected chi connectivity index (χ0v) is 17.6. The van der Waals surface area contributed by atoms with E-state index in [1.165, 1.54) is 0 Å². The first-order valence-electron chi connectivity index (χ1n) is 9.28. The number of nitrogens with two attached hydrogens (primary N) is 1. The van der Waals surface area contributed by atoms with Crippen LogP contribution in [0.4, 0.5) is 0 Å². The van der Waals surface area contributed by atoms with Gasteiger partial charge in [-0.1, -0.05) is 54.1 Å². The second-order valence-corrected chi connectivity index (χ2v) is 7.40. The summed E-state index contributed by atoms with van der Waals surface area (Å²) in [6.45, 7) is 0.293. The number of hydrogen-bond acceptors (Lipinski definition) is 4. The summed E-state index contributed by atoms with van der Waals surface area (Å²) in [4.78, 5) is 0. The molecule has 0 radical (unpaired) electrons. The van der Waals surface area contributed by atoms with Gasteiger partial charge in [0.1, 0.15) is 18.2 Å². The van der Waals surface area contributed by atoms with E-state index in [2.05, 4.69) is 0 Å². The third-order valence-corrected chi connectivity index (χ3v) is 5.21. The molecule has 0 bridgehead atoms. The molecular formula is C22H21BCl2N2O3. The Morgan fingerprint density at radius 1 is 1.17 bits per heavy atom. The van der Waals surface area contributed by atoms with Gasteiger partial charge in [0.05, 0.1) is 11.7 Å². The molecule has 3 aromatic carbocycles. The maximum atomic E-state index is 10.4. The van der Waals surface area contributed by atoms with Gasteiger partial charge in [0.2, 0.25) is 0 Å². The van der Waals surface area contributed by atoms with Gasteiger partial charge in [0, 0.05) is 11.4 Å². The third kappa shape index (κ3) is 4.79. The van der Waals surface area contributed by atoms with Gasteiger partial charge < -0.3 is 20.1 Å². The molecule has 1 heterocycles. The SMILES string of the molecule is Cl.N=C(N)c1ccc(C2Cc3ccccc3B(O)O2)cc1OCc1cccc(Cl)c1. The smallest absolute Gasteiger partial charge is 0.488 e. The van der Waals surface area contributed by atoms with Crippen LogP contribution in [0.1, 0.15) is 28.4 Å². The Morgan fingerprint density at radius 2 is 1.97 bits per heavy atom. The highest BCUT2D eigenvalue weighted by Crippen LogP contribution is 2.31. The molecule has 0 amide bonds. The minimum atomic E-state index is -0.978. The molecule has 0 saturated heterocycles. The molecule has 1 unspecified atom stereocenters. The van der Waals surface area contributed by atoms with E-state index in [0.29, 0.717) is 29.4 Å². The summed E-state index contributed by atoms with van der Waals surface area (Å²) < 4.78 is 11.8. The van der Waals surface area contributed by atoms with Crippen molar-refractivity contribution in [1.29, 1.82) is 5.41 Å². The molecule has 0 spiro atoms. The first-order valence-corrected chi connectivity index (χ1v) is 9.66. The van der Waals surface area contributed by atoms with Gasteiger partial charge in [-0.15, -0.1) is 12.4 Å². The molecule has 1 aliphatic heterocycles. The van der Waals surface area contributed by atoms with Crippen molar-refractivity contribution in [2.24, 2.45) is 5.73 Å². The summed E-state index contributed by atoms with van der Waals surface area (Å²) in [5, 5.41) is 18.8. The summed E-state index contributed by atoms with van der Waals surface area (Å²) in [7, 11) is -0.978. The predicted molar refractivity (Wildman–Crippen MR) is 122 cm³/mol. The quantitative estimate of drug-likeness (QED) is 0.320. The van der Waals surface area contributed by atoms with Gasteiger partial charge in [-0.25, -0.2) is 0 Å². The summed E-state index contributed by atoms with van der Waals surface area (Å²) >= 11 is 6.04. The second kappa shape index (κ2) is 9.54. The highest BCUT2D eigenvalue weighted by Gasteiger charge is 2.31. The standard InChI is InChI=1S/C22H20BClN2O3.ClH/c24-17-6-3-4-14(10-17)13-28-21-12-16(8-9-18(21)22(25)26)20-11-15-5-1-2-7-19(15)23(27)29-20;/h1-10,12,20,27H,11,13H2,(H3,25,26);1H.